The molecule has 0 aliphatic heterocycles. The number of anilines is 1. The van der Waals surface area contributed by atoms with Gasteiger partial charge >= 0.3 is 6.61 Å². The minimum Gasteiger partial charge on any atom is -0.435 e. The Labute approximate surface area is 159 Å². The lowest BCUT2D eigenvalue weighted by Gasteiger charge is -2.20. The van der Waals surface area contributed by atoms with E-state index >= 15 is 0 Å². The maximum atomic E-state index is 12.2. The third-order valence-electron chi connectivity index (χ3n) is 3.57. The highest BCUT2D eigenvalue weighted by molar-refractivity contribution is 7.80. The fraction of sp³-hybridized carbons (Fsp3) is 0.105. The summed E-state index contributed by atoms with van der Waals surface area (Å²) in [7, 11) is 0. The summed E-state index contributed by atoms with van der Waals surface area (Å²) in [5.74, 6) is 0.102. The van der Waals surface area contributed by atoms with Crippen molar-refractivity contribution in [1.29, 1.82) is 0 Å². The lowest BCUT2D eigenvalue weighted by molar-refractivity contribution is -0.0498. The molecule has 0 unspecified atom stereocenters. The summed E-state index contributed by atoms with van der Waals surface area (Å²) in [6.07, 6.45) is 0. The Morgan fingerprint density at radius 1 is 0.962 bits per heavy atom. The van der Waals surface area contributed by atoms with E-state index in [4.69, 9.17) is 12.2 Å². The average molecular weight is 390 g/mol. The first kappa shape index (κ1) is 18.3. The molecular weight excluding hydrogens is 374 g/mol. The number of ether oxygens (including phenoxy) is 1. The number of alkyl halides is 2. The fourth-order valence-corrected chi connectivity index (χ4v) is 3.48. The lowest BCUT2D eigenvalue weighted by Crippen LogP contribution is -2.32. The van der Waals surface area contributed by atoms with E-state index in [-0.39, 0.29) is 11.8 Å². The number of thiocarbonyl (C=S) groups is 1. The zero-order valence-electron chi connectivity index (χ0n) is 13.6. The normalized spacial score (nSPS) is 11.8. The van der Waals surface area contributed by atoms with Gasteiger partial charge in [-0.1, -0.05) is 36.4 Å². The van der Waals surface area contributed by atoms with Crippen LogP contribution in [0.4, 0.5) is 14.5 Å². The van der Waals surface area contributed by atoms with E-state index < -0.39 is 6.61 Å². The standard InChI is InChI=1S/C19H16F2N2OS2/c20-18(21)24-15-10-8-14(9-11-15)22-19(25)23-17(16-7-4-12-26-16)13-5-2-1-3-6-13/h1-12,17-18H,(H2,22,23,25)/t17-/m1/s1. The summed E-state index contributed by atoms with van der Waals surface area (Å²) >= 11 is 7.06. The molecule has 0 amide bonds. The van der Waals surface area contributed by atoms with Crippen molar-refractivity contribution in [3.05, 3.63) is 82.6 Å². The van der Waals surface area contributed by atoms with Crippen molar-refractivity contribution in [1.82, 2.24) is 5.32 Å². The van der Waals surface area contributed by atoms with Gasteiger partial charge in [-0.3, -0.25) is 0 Å². The molecular formula is C19H16F2N2OS2. The van der Waals surface area contributed by atoms with Crippen LogP contribution in [-0.4, -0.2) is 11.7 Å². The van der Waals surface area contributed by atoms with Crippen LogP contribution in [0.5, 0.6) is 5.75 Å². The number of hydrogen-bond acceptors (Lipinski definition) is 3. The zero-order valence-corrected chi connectivity index (χ0v) is 15.2. The highest BCUT2D eigenvalue weighted by Gasteiger charge is 2.16. The van der Waals surface area contributed by atoms with E-state index in [2.05, 4.69) is 21.4 Å². The predicted octanol–water partition coefficient (Wildman–Crippen LogP) is 5.43. The third-order valence-corrected chi connectivity index (χ3v) is 4.73. The first-order chi connectivity index (χ1) is 12.6. The summed E-state index contributed by atoms with van der Waals surface area (Å²) in [5.41, 5.74) is 1.78. The number of rotatable bonds is 6. The van der Waals surface area contributed by atoms with E-state index in [1.165, 1.54) is 12.1 Å². The number of hydrogen-bond donors (Lipinski definition) is 2. The Kier molecular flexibility index (Phi) is 6.14. The second-order valence-electron chi connectivity index (χ2n) is 5.36. The second kappa shape index (κ2) is 8.73. The van der Waals surface area contributed by atoms with Gasteiger partial charge in [0.25, 0.3) is 0 Å². The largest absolute Gasteiger partial charge is 0.435 e. The van der Waals surface area contributed by atoms with Gasteiger partial charge in [-0.05, 0) is 53.5 Å². The number of nitrogens with one attached hydrogen (secondary N) is 2. The molecule has 26 heavy (non-hydrogen) atoms. The molecule has 3 rings (SSSR count). The van der Waals surface area contributed by atoms with Crippen molar-refractivity contribution in [3.63, 3.8) is 0 Å². The molecule has 0 saturated carbocycles. The molecule has 1 heterocycles. The molecule has 7 heteroatoms. The van der Waals surface area contributed by atoms with Gasteiger partial charge in [0.05, 0.1) is 6.04 Å². The maximum absolute atomic E-state index is 12.2. The van der Waals surface area contributed by atoms with Gasteiger partial charge in [-0.25, -0.2) is 0 Å². The van der Waals surface area contributed by atoms with Crippen molar-refractivity contribution >= 4 is 34.4 Å². The summed E-state index contributed by atoms with van der Waals surface area (Å²) in [6, 6.07) is 20.2. The van der Waals surface area contributed by atoms with Crippen molar-refractivity contribution in [3.8, 4) is 5.75 Å². The summed E-state index contributed by atoms with van der Waals surface area (Å²) in [4.78, 5) is 1.14. The van der Waals surface area contributed by atoms with Crippen LogP contribution < -0.4 is 15.4 Å². The van der Waals surface area contributed by atoms with E-state index in [1.54, 1.807) is 23.5 Å². The molecule has 0 fully saturated rings. The first-order valence-corrected chi connectivity index (χ1v) is 9.11. The van der Waals surface area contributed by atoms with Crippen LogP contribution in [0.15, 0.2) is 72.1 Å². The number of benzene rings is 2. The summed E-state index contributed by atoms with van der Waals surface area (Å²) < 4.78 is 28.7. The predicted molar refractivity (Wildman–Crippen MR) is 105 cm³/mol. The second-order valence-corrected chi connectivity index (χ2v) is 6.75. The molecule has 1 atom stereocenters. The molecule has 134 valence electrons. The van der Waals surface area contributed by atoms with E-state index in [1.807, 2.05) is 41.8 Å². The Balaban J connectivity index is 1.68. The zero-order chi connectivity index (χ0) is 18.4. The van der Waals surface area contributed by atoms with Crippen LogP contribution in [0, 0.1) is 0 Å². The molecule has 0 spiro atoms. The van der Waals surface area contributed by atoms with Crippen LogP contribution >= 0.6 is 23.6 Å². The van der Waals surface area contributed by atoms with Crippen LogP contribution in [0.2, 0.25) is 0 Å². The van der Waals surface area contributed by atoms with Gasteiger partial charge in [0.1, 0.15) is 5.75 Å². The highest BCUT2D eigenvalue weighted by atomic mass is 32.1. The van der Waals surface area contributed by atoms with Crippen LogP contribution in [0.1, 0.15) is 16.5 Å². The highest BCUT2D eigenvalue weighted by Crippen LogP contribution is 2.26. The van der Waals surface area contributed by atoms with Gasteiger partial charge < -0.3 is 15.4 Å². The minimum atomic E-state index is -2.84. The van der Waals surface area contributed by atoms with E-state index in [0.717, 1.165) is 10.4 Å². The topological polar surface area (TPSA) is 33.3 Å². The Hall–Kier alpha value is -2.51. The Morgan fingerprint density at radius 3 is 2.31 bits per heavy atom. The minimum absolute atomic E-state index is 0.0716. The van der Waals surface area contributed by atoms with E-state index in [0.29, 0.717) is 10.8 Å². The summed E-state index contributed by atoms with van der Waals surface area (Å²) in [6.45, 7) is -2.84. The monoisotopic (exact) mass is 390 g/mol. The first-order valence-electron chi connectivity index (χ1n) is 7.82. The lowest BCUT2D eigenvalue weighted by atomic mass is 10.1. The van der Waals surface area contributed by atoms with Gasteiger partial charge in [0.2, 0.25) is 0 Å². The van der Waals surface area contributed by atoms with Crippen LogP contribution in [-0.2, 0) is 0 Å². The van der Waals surface area contributed by atoms with Crippen LogP contribution in [0.3, 0.4) is 0 Å². The van der Waals surface area contributed by atoms with Crippen LogP contribution in [0.25, 0.3) is 0 Å². The Bertz CT molecular complexity index is 825. The molecule has 2 aromatic carbocycles. The van der Waals surface area contributed by atoms with Crippen molar-refractivity contribution in [2.45, 2.75) is 12.7 Å². The molecule has 0 aliphatic rings. The molecule has 0 saturated heterocycles. The molecule has 3 aromatic rings. The number of halogens is 2. The smallest absolute Gasteiger partial charge is 0.387 e. The van der Waals surface area contributed by atoms with Gasteiger partial charge in [0, 0.05) is 10.6 Å². The van der Waals surface area contributed by atoms with E-state index in [9.17, 15) is 8.78 Å². The summed E-state index contributed by atoms with van der Waals surface area (Å²) in [5, 5.41) is 8.84. The molecule has 3 nitrogen and oxygen atoms in total. The molecule has 0 bridgehead atoms. The quantitative estimate of drug-likeness (QED) is 0.550. The van der Waals surface area contributed by atoms with Gasteiger partial charge in [-0.2, -0.15) is 8.78 Å². The third kappa shape index (κ3) is 5.00. The van der Waals surface area contributed by atoms with Gasteiger partial charge in [0.15, 0.2) is 5.11 Å². The van der Waals surface area contributed by atoms with Gasteiger partial charge in [-0.15, -0.1) is 11.3 Å². The average Bonchev–Trinajstić information content (AvgIpc) is 3.16. The van der Waals surface area contributed by atoms with Crippen molar-refractivity contribution in [2.75, 3.05) is 5.32 Å². The molecule has 0 radical (unpaired) electrons. The Morgan fingerprint density at radius 2 is 1.69 bits per heavy atom. The molecule has 0 aliphatic carbocycles. The molecule has 1 aromatic heterocycles. The SMILES string of the molecule is FC(F)Oc1ccc(NC(=S)N[C@H](c2ccccc2)c2cccs2)cc1. The van der Waals surface area contributed by atoms with Crippen molar-refractivity contribution in [2.24, 2.45) is 0 Å². The molecule has 2 N–H and O–H groups in total. The van der Waals surface area contributed by atoms with Crippen molar-refractivity contribution < 1.29 is 13.5 Å². The maximum Gasteiger partial charge on any atom is 0.387 e. The fourth-order valence-electron chi connectivity index (χ4n) is 2.44. The number of thiophene rings is 1.